The van der Waals surface area contributed by atoms with Gasteiger partial charge in [-0.2, -0.15) is 4.37 Å². The molecule has 0 spiro atoms. The Morgan fingerprint density at radius 1 is 1.19 bits per heavy atom. The van der Waals surface area contributed by atoms with Crippen LogP contribution in [-0.4, -0.2) is 86.9 Å². The minimum atomic E-state index is 0.660. The summed E-state index contributed by atoms with van der Waals surface area (Å²) in [7, 11) is 3.54. The van der Waals surface area contributed by atoms with E-state index >= 15 is 0 Å². The van der Waals surface area contributed by atoms with Crippen molar-refractivity contribution in [2.24, 2.45) is 4.99 Å². The molecule has 26 heavy (non-hydrogen) atoms. The Morgan fingerprint density at radius 3 is 2.65 bits per heavy atom. The van der Waals surface area contributed by atoms with Gasteiger partial charge in [0, 0.05) is 71.4 Å². The molecule has 1 aromatic heterocycles. The molecule has 1 saturated heterocycles. The van der Waals surface area contributed by atoms with Crippen LogP contribution in [0.5, 0.6) is 0 Å². The molecule has 148 valence electrons. The van der Waals surface area contributed by atoms with Crippen LogP contribution in [0.15, 0.2) is 4.99 Å². The zero-order valence-corrected chi connectivity index (χ0v) is 17.1. The SMILES string of the molecule is CCc1nsc(N2CCN(C(=NC)NCCCCOCCOC)CC2)n1. The van der Waals surface area contributed by atoms with Gasteiger partial charge in [-0.3, -0.25) is 4.99 Å². The normalized spacial score (nSPS) is 15.6. The van der Waals surface area contributed by atoms with E-state index in [0.717, 1.165) is 75.5 Å². The predicted molar refractivity (Wildman–Crippen MR) is 106 cm³/mol. The first kappa shape index (κ1) is 20.9. The third-order valence-electron chi connectivity index (χ3n) is 4.27. The van der Waals surface area contributed by atoms with Gasteiger partial charge in [0.05, 0.1) is 13.2 Å². The number of rotatable bonds is 10. The molecule has 1 fully saturated rings. The van der Waals surface area contributed by atoms with Gasteiger partial charge in [0.1, 0.15) is 5.82 Å². The number of guanidine groups is 1. The molecule has 0 atom stereocenters. The van der Waals surface area contributed by atoms with Gasteiger partial charge in [0.2, 0.25) is 5.13 Å². The standard InChI is InChI=1S/C17H32N6O2S/c1-4-15-20-17(26-21-15)23-10-8-22(9-11-23)16(18-2)19-7-5-6-12-25-14-13-24-3/h4-14H2,1-3H3,(H,18,19). The fourth-order valence-corrected chi connectivity index (χ4v) is 3.53. The molecule has 0 bridgehead atoms. The van der Waals surface area contributed by atoms with Crippen LogP contribution in [0.3, 0.4) is 0 Å². The third-order valence-corrected chi connectivity index (χ3v) is 5.08. The van der Waals surface area contributed by atoms with Crippen molar-refractivity contribution in [3.05, 3.63) is 5.82 Å². The largest absolute Gasteiger partial charge is 0.382 e. The lowest BCUT2D eigenvalue weighted by atomic mass is 10.3. The van der Waals surface area contributed by atoms with E-state index in [-0.39, 0.29) is 0 Å². The highest BCUT2D eigenvalue weighted by molar-refractivity contribution is 7.09. The number of piperazine rings is 1. The van der Waals surface area contributed by atoms with Crippen LogP contribution < -0.4 is 10.2 Å². The van der Waals surface area contributed by atoms with E-state index in [0.29, 0.717) is 13.2 Å². The summed E-state index contributed by atoms with van der Waals surface area (Å²) in [6.45, 7) is 8.91. The summed E-state index contributed by atoms with van der Waals surface area (Å²) in [5.41, 5.74) is 0. The fraction of sp³-hybridized carbons (Fsp3) is 0.824. The number of nitrogens with zero attached hydrogens (tertiary/aromatic N) is 5. The summed E-state index contributed by atoms with van der Waals surface area (Å²) in [6.07, 6.45) is 3.00. The fourth-order valence-electron chi connectivity index (χ4n) is 2.73. The van der Waals surface area contributed by atoms with E-state index in [1.54, 1.807) is 7.11 Å². The second kappa shape index (κ2) is 12.0. The number of unbranched alkanes of at least 4 members (excludes halogenated alkanes) is 1. The van der Waals surface area contributed by atoms with Crippen molar-refractivity contribution in [1.82, 2.24) is 19.6 Å². The van der Waals surface area contributed by atoms with Crippen LogP contribution in [0.25, 0.3) is 0 Å². The average molecular weight is 385 g/mol. The van der Waals surface area contributed by atoms with E-state index in [2.05, 4.69) is 36.4 Å². The molecular weight excluding hydrogens is 352 g/mol. The highest BCUT2D eigenvalue weighted by Gasteiger charge is 2.21. The van der Waals surface area contributed by atoms with Crippen molar-refractivity contribution in [2.75, 3.05) is 71.6 Å². The molecule has 0 radical (unpaired) electrons. The van der Waals surface area contributed by atoms with Gasteiger partial charge in [-0.15, -0.1) is 0 Å². The Kier molecular flexibility index (Phi) is 9.65. The summed E-state index contributed by atoms with van der Waals surface area (Å²) < 4.78 is 14.8. The maximum Gasteiger partial charge on any atom is 0.205 e. The summed E-state index contributed by atoms with van der Waals surface area (Å²) in [5, 5.41) is 4.50. The summed E-state index contributed by atoms with van der Waals surface area (Å²) in [5.74, 6) is 1.92. The second-order valence-corrected chi connectivity index (χ2v) is 6.84. The first-order valence-electron chi connectivity index (χ1n) is 9.38. The van der Waals surface area contributed by atoms with Crippen molar-refractivity contribution < 1.29 is 9.47 Å². The molecule has 0 saturated carbocycles. The van der Waals surface area contributed by atoms with Gasteiger partial charge in [0.25, 0.3) is 0 Å². The van der Waals surface area contributed by atoms with E-state index < -0.39 is 0 Å². The number of ether oxygens (including phenoxy) is 2. The highest BCUT2D eigenvalue weighted by Crippen LogP contribution is 2.19. The van der Waals surface area contributed by atoms with Crippen molar-refractivity contribution in [1.29, 1.82) is 0 Å². The van der Waals surface area contributed by atoms with Gasteiger partial charge < -0.3 is 24.6 Å². The molecule has 0 amide bonds. The van der Waals surface area contributed by atoms with Crippen LogP contribution in [0.1, 0.15) is 25.6 Å². The lowest BCUT2D eigenvalue weighted by Gasteiger charge is -2.36. The molecule has 1 N–H and O–H groups in total. The molecule has 0 aromatic carbocycles. The van der Waals surface area contributed by atoms with Crippen LogP contribution in [0, 0.1) is 0 Å². The minimum Gasteiger partial charge on any atom is -0.382 e. The molecule has 0 unspecified atom stereocenters. The Hall–Kier alpha value is -1.45. The van der Waals surface area contributed by atoms with E-state index in [1.165, 1.54) is 11.5 Å². The number of nitrogens with one attached hydrogen (secondary N) is 1. The second-order valence-electron chi connectivity index (χ2n) is 6.11. The van der Waals surface area contributed by atoms with Gasteiger partial charge in [0.15, 0.2) is 5.96 Å². The van der Waals surface area contributed by atoms with Crippen molar-refractivity contribution in [3.8, 4) is 0 Å². The highest BCUT2D eigenvalue weighted by atomic mass is 32.1. The lowest BCUT2D eigenvalue weighted by Crippen LogP contribution is -2.52. The smallest absolute Gasteiger partial charge is 0.205 e. The van der Waals surface area contributed by atoms with E-state index in [4.69, 9.17) is 9.47 Å². The molecule has 1 aliphatic rings. The molecule has 2 rings (SSSR count). The molecule has 1 aromatic rings. The Labute approximate surface area is 160 Å². The number of aryl methyl sites for hydroxylation is 1. The summed E-state index contributed by atoms with van der Waals surface area (Å²) >= 11 is 1.50. The first-order valence-corrected chi connectivity index (χ1v) is 10.2. The number of aromatic nitrogens is 2. The minimum absolute atomic E-state index is 0.660. The molecule has 2 heterocycles. The van der Waals surface area contributed by atoms with E-state index in [1.807, 2.05) is 7.05 Å². The average Bonchev–Trinajstić information content (AvgIpc) is 3.16. The Morgan fingerprint density at radius 2 is 2.00 bits per heavy atom. The van der Waals surface area contributed by atoms with Gasteiger partial charge in [-0.05, 0) is 12.8 Å². The number of aliphatic imine (C=N–C) groups is 1. The third kappa shape index (κ3) is 6.69. The Balaban J connectivity index is 1.63. The quantitative estimate of drug-likeness (QED) is 0.369. The Bertz CT molecular complexity index is 531. The topological polar surface area (TPSA) is 75.1 Å². The number of anilines is 1. The van der Waals surface area contributed by atoms with Crippen molar-refractivity contribution in [2.45, 2.75) is 26.2 Å². The maximum atomic E-state index is 5.48. The molecule has 0 aliphatic carbocycles. The van der Waals surface area contributed by atoms with Crippen molar-refractivity contribution >= 4 is 22.6 Å². The molecule has 1 aliphatic heterocycles. The lowest BCUT2D eigenvalue weighted by molar-refractivity contribution is 0.0689. The van der Waals surface area contributed by atoms with Crippen LogP contribution in [0.2, 0.25) is 0 Å². The van der Waals surface area contributed by atoms with Crippen molar-refractivity contribution in [3.63, 3.8) is 0 Å². The number of hydrogen-bond acceptors (Lipinski definition) is 7. The van der Waals surface area contributed by atoms with Gasteiger partial charge in [-0.1, -0.05) is 6.92 Å². The zero-order valence-electron chi connectivity index (χ0n) is 16.2. The molecule has 9 heteroatoms. The predicted octanol–water partition coefficient (Wildman–Crippen LogP) is 1.24. The molecule has 8 nitrogen and oxygen atoms in total. The monoisotopic (exact) mass is 384 g/mol. The number of hydrogen-bond donors (Lipinski definition) is 1. The van der Waals surface area contributed by atoms with Crippen LogP contribution in [0.4, 0.5) is 5.13 Å². The maximum absolute atomic E-state index is 5.48. The van der Waals surface area contributed by atoms with E-state index in [9.17, 15) is 0 Å². The summed E-state index contributed by atoms with van der Waals surface area (Å²) in [6, 6.07) is 0. The van der Waals surface area contributed by atoms with Crippen LogP contribution in [-0.2, 0) is 15.9 Å². The van der Waals surface area contributed by atoms with Crippen LogP contribution >= 0.6 is 11.5 Å². The first-order chi connectivity index (χ1) is 12.8. The zero-order chi connectivity index (χ0) is 18.6. The van der Waals surface area contributed by atoms with Gasteiger partial charge >= 0.3 is 0 Å². The molecular formula is C17H32N6O2S. The summed E-state index contributed by atoms with van der Waals surface area (Å²) in [4.78, 5) is 13.6. The van der Waals surface area contributed by atoms with Gasteiger partial charge in [-0.25, -0.2) is 4.98 Å². The number of methoxy groups -OCH3 is 1.